The first kappa shape index (κ1) is 18.9. The normalized spacial score (nSPS) is 12.0. The zero-order valence-electron chi connectivity index (χ0n) is 13.0. The third-order valence-corrected chi connectivity index (χ3v) is 3.71. The molecule has 2 N–H and O–H groups in total. The molecule has 134 valence electrons. The first-order chi connectivity index (χ1) is 11.5. The van der Waals surface area contributed by atoms with E-state index in [0.717, 1.165) is 18.4 Å². The molecule has 0 aliphatic heterocycles. The predicted octanol–water partition coefficient (Wildman–Crippen LogP) is 2.40. The molecule has 10 heteroatoms. The number of carbonyl (C=O) groups is 1. The molecule has 0 fully saturated rings. The van der Waals surface area contributed by atoms with Crippen molar-refractivity contribution < 1.29 is 26.4 Å². The van der Waals surface area contributed by atoms with Crippen LogP contribution in [0.3, 0.4) is 0 Å². The van der Waals surface area contributed by atoms with Gasteiger partial charge in [0, 0.05) is 17.4 Å². The second-order valence-electron chi connectivity index (χ2n) is 5.16. The molecule has 0 aliphatic carbocycles. The molecule has 0 saturated heterocycles. The monoisotopic (exact) mass is 373 g/mol. The highest BCUT2D eigenvalue weighted by Gasteiger charge is 2.30. The van der Waals surface area contributed by atoms with Gasteiger partial charge < -0.3 is 5.32 Å². The van der Waals surface area contributed by atoms with Crippen molar-refractivity contribution in [1.82, 2.24) is 9.71 Å². The number of carbonyl (C=O) groups excluding carboxylic acids is 1. The molecule has 1 heterocycles. The number of rotatable bonds is 5. The Bertz CT molecular complexity index is 883. The Balaban J connectivity index is 2.13. The summed E-state index contributed by atoms with van der Waals surface area (Å²) in [6, 6.07) is 6.96. The lowest BCUT2D eigenvalue weighted by Crippen LogP contribution is -2.22. The second kappa shape index (κ2) is 7.19. The molecule has 1 aromatic heterocycles. The quantitative estimate of drug-likeness (QED) is 0.842. The Hall–Kier alpha value is -2.46. The van der Waals surface area contributed by atoms with E-state index in [4.69, 9.17) is 0 Å². The number of anilines is 1. The van der Waals surface area contributed by atoms with Crippen LogP contribution in [0.5, 0.6) is 0 Å². The number of hydrogen-bond donors (Lipinski definition) is 2. The molecule has 0 unspecified atom stereocenters. The number of pyridine rings is 1. The highest BCUT2D eigenvalue weighted by molar-refractivity contribution is 7.88. The number of alkyl halides is 3. The fourth-order valence-corrected chi connectivity index (χ4v) is 2.31. The number of benzene rings is 1. The smallest absolute Gasteiger partial charge is 0.322 e. The highest BCUT2D eigenvalue weighted by atomic mass is 32.2. The standard InChI is InChI=1S/C15H14F3N3O3S/c1-25(23,24)20-9-13-7-10(5-6-19-13)14(22)21-12-4-2-3-11(8-12)15(16,17)18/h2-8,20H,9H2,1H3,(H,21,22). The topological polar surface area (TPSA) is 88.2 Å². The molecule has 0 atom stereocenters. The maximum Gasteiger partial charge on any atom is 0.416 e. The summed E-state index contributed by atoms with van der Waals surface area (Å²) in [5.74, 6) is -0.637. The van der Waals surface area contributed by atoms with Crippen molar-refractivity contribution >= 4 is 21.6 Å². The molecular weight excluding hydrogens is 359 g/mol. The molecule has 0 bridgehead atoms. The molecule has 2 aromatic rings. The van der Waals surface area contributed by atoms with Gasteiger partial charge >= 0.3 is 6.18 Å². The summed E-state index contributed by atoms with van der Waals surface area (Å²) in [7, 11) is -3.42. The maximum atomic E-state index is 12.7. The Morgan fingerprint density at radius 2 is 1.92 bits per heavy atom. The lowest BCUT2D eigenvalue weighted by atomic mass is 10.1. The first-order valence-electron chi connectivity index (χ1n) is 6.93. The Morgan fingerprint density at radius 1 is 1.20 bits per heavy atom. The number of nitrogens with zero attached hydrogens (tertiary/aromatic N) is 1. The fraction of sp³-hybridized carbons (Fsp3) is 0.200. The van der Waals surface area contributed by atoms with Crippen molar-refractivity contribution in [3.05, 3.63) is 59.4 Å². The summed E-state index contributed by atoms with van der Waals surface area (Å²) < 4.78 is 62.4. The van der Waals surface area contributed by atoms with Crippen LogP contribution in [0.25, 0.3) is 0 Å². The second-order valence-corrected chi connectivity index (χ2v) is 6.99. The van der Waals surface area contributed by atoms with Crippen LogP contribution in [0.1, 0.15) is 21.6 Å². The number of hydrogen-bond acceptors (Lipinski definition) is 4. The van der Waals surface area contributed by atoms with E-state index >= 15 is 0 Å². The third kappa shape index (κ3) is 5.84. The van der Waals surface area contributed by atoms with Crippen LogP contribution < -0.4 is 10.0 Å². The van der Waals surface area contributed by atoms with Crippen molar-refractivity contribution in [3.63, 3.8) is 0 Å². The van der Waals surface area contributed by atoms with E-state index in [1.165, 1.54) is 30.5 Å². The first-order valence-corrected chi connectivity index (χ1v) is 8.82. The molecule has 6 nitrogen and oxygen atoms in total. The van der Waals surface area contributed by atoms with Gasteiger partial charge in [-0.15, -0.1) is 0 Å². The average molecular weight is 373 g/mol. The van der Waals surface area contributed by atoms with Gasteiger partial charge in [0.05, 0.1) is 24.1 Å². The number of amides is 1. The van der Waals surface area contributed by atoms with E-state index in [1.54, 1.807) is 0 Å². The number of nitrogens with one attached hydrogen (secondary N) is 2. The van der Waals surface area contributed by atoms with Crippen molar-refractivity contribution in [1.29, 1.82) is 0 Å². The predicted molar refractivity (Wildman–Crippen MR) is 85.3 cm³/mol. The van der Waals surface area contributed by atoms with Gasteiger partial charge in [0.15, 0.2) is 0 Å². The van der Waals surface area contributed by atoms with Gasteiger partial charge in [-0.25, -0.2) is 13.1 Å². The zero-order chi connectivity index (χ0) is 18.7. The summed E-state index contributed by atoms with van der Waals surface area (Å²) in [5.41, 5.74) is -0.453. The van der Waals surface area contributed by atoms with E-state index in [-0.39, 0.29) is 17.8 Å². The zero-order valence-corrected chi connectivity index (χ0v) is 13.8. The molecule has 2 rings (SSSR count). The van der Waals surface area contributed by atoms with Crippen LogP contribution in [0.4, 0.5) is 18.9 Å². The molecule has 1 amide bonds. The number of aromatic nitrogens is 1. The van der Waals surface area contributed by atoms with Crippen LogP contribution in [-0.2, 0) is 22.7 Å². The van der Waals surface area contributed by atoms with Crippen molar-refractivity contribution in [2.45, 2.75) is 12.7 Å². The van der Waals surface area contributed by atoms with E-state index in [9.17, 15) is 26.4 Å². The average Bonchev–Trinajstić information content (AvgIpc) is 2.52. The highest BCUT2D eigenvalue weighted by Crippen LogP contribution is 2.30. The molecule has 25 heavy (non-hydrogen) atoms. The third-order valence-electron chi connectivity index (χ3n) is 3.04. The molecule has 0 radical (unpaired) electrons. The fourth-order valence-electron chi connectivity index (χ4n) is 1.90. The minimum absolute atomic E-state index is 0.00699. The van der Waals surface area contributed by atoms with Crippen LogP contribution in [-0.4, -0.2) is 25.6 Å². The minimum atomic E-state index is -4.51. The van der Waals surface area contributed by atoms with Gasteiger partial charge in [0.1, 0.15) is 0 Å². The van der Waals surface area contributed by atoms with Crippen LogP contribution in [0.2, 0.25) is 0 Å². The van der Waals surface area contributed by atoms with E-state index in [1.807, 2.05) is 0 Å². The Morgan fingerprint density at radius 3 is 2.56 bits per heavy atom. The van der Waals surface area contributed by atoms with Crippen molar-refractivity contribution in [2.75, 3.05) is 11.6 Å². The van der Waals surface area contributed by atoms with Crippen LogP contribution in [0, 0.1) is 0 Å². The molecule has 0 spiro atoms. The van der Waals surface area contributed by atoms with Gasteiger partial charge in [-0.05, 0) is 30.3 Å². The number of sulfonamides is 1. The van der Waals surface area contributed by atoms with E-state index < -0.39 is 27.7 Å². The Kier molecular flexibility index (Phi) is 5.43. The summed E-state index contributed by atoms with van der Waals surface area (Å²) in [6.45, 7) is -0.108. The minimum Gasteiger partial charge on any atom is -0.322 e. The van der Waals surface area contributed by atoms with Crippen molar-refractivity contribution in [3.8, 4) is 0 Å². The van der Waals surface area contributed by atoms with Gasteiger partial charge in [0.25, 0.3) is 5.91 Å². The molecular formula is C15H14F3N3O3S. The number of halogens is 3. The molecule has 1 aromatic carbocycles. The van der Waals surface area contributed by atoms with Gasteiger partial charge in [-0.2, -0.15) is 13.2 Å². The Labute approximate surface area is 142 Å². The van der Waals surface area contributed by atoms with E-state index in [2.05, 4.69) is 15.0 Å². The summed E-state index contributed by atoms with van der Waals surface area (Å²) >= 11 is 0. The lowest BCUT2D eigenvalue weighted by molar-refractivity contribution is -0.137. The van der Waals surface area contributed by atoms with Gasteiger partial charge in [0.2, 0.25) is 10.0 Å². The maximum absolute atomic E-state index is 12.7. The molecule has 0 saturated carbocycles. The van der Waals surface area contributed by atoms with E-state index in [0.29, 0.717) is 5.69 Å². The summed E-state index contributed by atoms with van der Waals surface area (Å²) in [6.07, 6.45) is -2.22. The van der Waals surface area contributed by atoms with Crippen LogP contribution in [0.15, 0.2) is 42.6 Å². The lowest BCUT2D eigenvalue weighted by Gasteiger charge is -2.10. The van der Waals surface area contributed by atoms with Gasteiger partial charge in [-0.1, -0.05) is 6.07 Å². The SMILES string of the molecule is CS(=O)(=O)NCc1cc(C(=O)Nc2cccc(C(F)(F)F)c2)ccn1. The van der Waals surface area contributed by atoms with Crippen LogP contribution >= 0.6 is 0 Å². The van der Waals surface area contributed by atoms with Gasteiger partial charge in [-0.3, -0.25) is 9.78 Å². The largest absolute Gasteiger partial charge is 0.416 e. The van der Waals surface area contributed by atoms with Crippen molar-refractivity contribution in [2.24, 2.45) is 0 Å². The summed E-state index contributed by atoms with van der Waals surface area (Å²) in [4.78, 5) is 16.1. The summed E-state index contributed by atoms with van der Waals surface area (Å²) in [5, 5.41) is 2.36. The molecule has 0 aliphatic rings.